The van der Waals surface area contributed by atoms with Gasteiger partial charge >= 0.3 is 5.69 Å². The molecular formula is C10H10N4O2. The van der Waals surface area contributed by atoms with Crippen molar-refractivity contribution in [1.29, 1.82) is 0 Å². The van der Waals surface area contributed by atoms with Gasteiger partial charge in [0, 0.05) is 5.56 Å². The van der Waals surface area contributed by atoms with Gasteiger partial charge in [0.25, 0.3) is 5.91 Å². The summed E-state index contributed by atoms with van der Waals surface area (Å²) < 4.78 is 1.59. The number of carbonyl (C=O) groups excluding carboxylic acids is 1. The van der Waals surface area contributed by atoms with Crippen LogP contribution in [0.25, 0.3) is 0 Å². The summed E-state index contributed by atoms with van der Waals surface area (Å²) in [6.07, 6.45) is 0. The molecule has 2 aromatic rings. The molecule has 1 aromatic heterocycles. The SMILES string of the molecule is Cc1nn(C(=O)c2ccccc2)c(=O)n1N. The Balaban J connectivity index is 2.51. The van der Waals surface area contributed by atoms with Crippen molar-refractivity contribution in [2.24, 2.45) is 0 Å². The van der Waals surface area contributed by atoms with Crippen LogP contribution >= 0.6 is 0 Å². The molecule has 0 bridgehead atoms. The average Bonchev–Trinajstić information content (AvgIpc) is 2.57. The third-order valence-corrected chi connectivity index (χ3v) is 2.19. The number of nitrogens with two attached hydrogens (primary N) is 1. The van der Waals surface area contributed by atoms with Crippen molar-refractivity contribution >= 4 is 5.91 Å². The molecule has 0 atom stereocenters. The maximum Gasteiger partial charge on any atom is 0.372 e. The Hall–Kier alpha value is -2.37. The van der Waals surface area contributed by atoms with Crippen LogP contribution in [-0.4, -0.2) is 20.4 Å². The average molecular weight is 218 g/mol. The van der Waals surface area contributed by atoms with E-state index in [1.165, 1.54) is 0 Å². The maximum absolute atomic E-state index is 11.9. The quantitative estimate of drug-likeness (QED) is 0.669. The summed E-state index contributed by atoms with van der Waals surface area (Å²) in [5, 5.41) is 3.78. The van der Waals surface area contributed by atoms with Crippen LogP contribution in [-0.2, 0) is 0 Å². The Labute approximate surface area is 90.9 Å². The van der Waals surface area contributed by atoms with E-state index in [4.69, 9.17) is 5.84 Å². The highest BCUT2D eigenvalue weighted by molar-refractivity contribution is 5.95. The third kappa shape index (κ3) is 1.50. The van der Waals surface area contributed by atoms with Crippen LogP contribution in [0.5, 0.6) is 0 Å². The second-order valence-corrected chi connectivity index (χ2v) is 3.28. The minimum absolute atomic E-state index is 0.286. The van der Waals surface area contributed by atoms with Gasteiger partial charge in [-0.2, -0.15) is 4.68 Å². The highest BCUT2D eigenvalue weighted by atomic mass is 16.2. The van der Waals surface area contributed by atoms with Gasteiger partial charge in [-0.25, -0.2) is 4.79 Å². The van der Waals surface area contributed by atoms with Gasteiger partial charge in [0.05, 0.1) is 0 Å². The van der Waals surface area contributed by atoms with Gasteiger partial charge in [0.15, 0.2) is 5.82 Å². The Morgan fingerprint density at radius 3 is 2.44 bits per heavy atom. The van der Waals surface area contributed by atoms with Crippen LogP contribution < -0.4 is 11.5 Å². The molecule has 0 radical (unpaired) electrons. The summed E-state index contributed by atoms with van der Waals surface area (Å²) in [7, 11) is 0. The zero-order valence-electron chi connectivity index (χ0n) is 8.62. The van der Waals surface area contributed by atoms with E-state index in [0.29, 0.717) is 5.56 Å². The molecule has 1 aromatic carbocycles. The normalized spacial score (nSPS) is 10.3. The summed E-state index contributed by atoms with van der Waals surface area (Å²) in [5.74, 6) is 5.19. The van der Waals surface area contributed by atoms with E-state index in [1.807, 2.05) is 0 Å². The lowest BCUT2D eigenvalue weighted by atomic mass is 10.2. The molecule has 0 aliphatic rings. The number of aromatic nitrogens is 3. The first-order valence-corrected chi connectivity index (χ1v) is 4.65. The summed E-state index contributed by atoms with van der Waals surface area (Å²) >= 11 is 0. The molecule has 0 amide bonds. The molecule has 6 nitrogen and oxygen atoms in total. The summed E-state index contributed by atoms with van der Waals surface area (Å²) in [6, 6.07) is 8.43. The third-order valence-electron chi connectivity index (χ3n) is 2.19. The molecule has 0 unspecified atom stereocenters. The van der Waals surface area contributed by atoms with Crippen LogP contribution in [0.4, 0.5) is 0 Å². The van der Waals surface area contributed by atoms with Crippen molar-refractivity contribution in [1.82, 2.24) is 14.5 Å². The van der Waals surface area contributed by atoms with E-state index < -0.39 is 11.6 Å². The second-order valence-electron chi connectivity index (χ2n) is 3.28. The fraction of sp³-hybridized carbons (Fsp3) is 0.100. The van der Waals surface area contributed by atoms with Crippen molar-refractivity contribution in [3.05, 3.63) is 52.2 Å². The van der Waals surface area contributed by atoms with Crippen LogP contribution in [0.15, 0.2) is 35.1 Å². The fourth-order valence-corrected chi connectivity index (χ4v) is 1.31. The number of nitrogen functional groups attached to an aromatic ring is 1. The van der Waals surface area contributed by atoms with Gasteiger partial charge < -0.3 is 5.84 Å². The Kier molecular flexibility index (Phi) is 2.32. The highest BCUT2D eigenvalue weighted by Gasteiger charge is 2.15. The number of nitrogens with zero attached hydrogens (tertiary/aromatic N) is 3. The number of aryl methyl sites for hydroxylation is 1. The Bertz CT molecular complexity index is 583. The number of rotatable bonds is 1. The van der Waals surface area contributed by atoms with Gasteiger partial charge in [-0.15, -0.1) is 9.78 Å². The molecule has 82 valence electrons. The fourth-order valence-electron chi connectivity index (χ4n) is 1.31. The van der Waals surface area contributed by atoms with E-state index in [2.05, 4.69) is 5.10 Å². The second kappa shape index (κ2) is 3.65. The van der Waals surface area contributed by atoms with E-state index in [9.17, 15) is 9.59 Å². The lowest BCUT2D eigenvalue weighted by Crippen LogP contribution is -2.33. The van der Waals surface area contributed by atoms with E-state index in [-0.39, 0.29) is 5.82 Å². The molecule has 16 heavy (non-hydrogen) atoms. The molecule has 6 heteroatoms. The van der Waals surface area contributed by atoms with Crippen molar-refractivity contribution in [3.8, 4) is 0 Å². The first kappa shape index (κ1) is 10.2. The van der Waals surface area contributed by atoms with Gasteiger partial charge in [0.2, 0.25) is 0 Å². The van der Waals surface area contributed by atoms with Crippen molar-refractivity contribution in [3.63, 3.8) is 0 Å². The van der Waals surface area contributed by atoms with Crippen molar-refractivity contribution in [2.45, 2.75) is 6.92 Å². The molecular weight excluding hydrogens is 208 g/mol. The smallest absolute Gasteiger partial charge is 0.333 e. The number of benzene rings is 1. The lowest BCUT2D eigenvalue weighted by Gasteiger charge is -1.97. The standard InChI is InChI=1S/C10H10N4O2/c1-7-12-14(10(16)13(7)11)9(15)8-5-3-2-4-6-8/h2-6H,11H2,1H3. The number of carbonyl (C=O) groups is 1. The topological polar surface area (TPSA) is 82.9 Å². The first-order valence-electron chi connectivity index (χ1n) is 4.65. The summed E-state index contributed by atoms with van der Waals surface area (Å²) in [5.41, 5.74) is -0.256. The van der Waals surface area contributed by atoms with Crippen LogP contribution in [0.2, 0.25) is 0 Å². The molecule has 0 fully saturated rings. The minimum Gasteiger partial charge on any atom is -0.333 e. The molecule has 0 spiro atoms. The van der Waals surface area contributed by atoms with Gasteiger partial charge in [-0.05, 0) is 19.1 Å². The van der Waals surface area contributed by atoms with Crippen molar-refractivity contribution < 1.29 is 4.79 Å². The molecule has 2 rings (SSSR count). The van der Waals surface area contributed by atoms with Gasteiger partial charge in [-0.1, -0.05) is 18.2 Å². The highest BCUT2D eigenvalue weighted by Crippen LogP contribution is 2.00. The molecule has 1 heterocycles. The molecule has 0 saturated heterocycles. The molecule has 0 aliphatic heterocycles. The number of hydrogen-bond acceptors (Lipinski definition) is 4. The van der Waals surface area contributed by atoms with Gasteiger partial charge in [0.1, 0.15) is 0 Å². The molecule has 0 saturated carbocycles. The summed E-state index contributed by atoms with van der Waals surface area (Å²) in [6.45, 7) is 1.55. The van der Waals surface area contributed by atoms with Crippen molar-refractivity contribution in [2.75, 3.05) is 5.84 Å². The lowest BCUT2D eigenvalue weighted by molar-refractivity contribution is 0.0940. The predicted molar refractivity (Wildman–Crippen MR) is 57.5 cm³/mol. The van der Waals surface area contributed by atoms with Crippen LogP contribution in [0.3, 0.4) is 0 Å². The monoisotopic (exact) mass is 218 g/mol. The van der Waals surface area contributed by atoms with Gasteiger partial charge in [-0.3, -0.25) is 4.79 Å². The summed E-state index contributed by atoms with van der Waals surface area (Å²) in [4.78, 5) is 23.4. The Morgan fingerprint density at radius 2 is 1.94 bits per heavy atom. The molecule has 0 aliphatic carbocycles. The number of hydrogen-bond donors (Lipinski definition) is 1. The minimum atomic E-state index is -0.647. The Morgan fingerprint density at radius 1 is 1.31 bits per heavy atom. The first-order chi connectivity index (χ1) is 7.61. The van der Waals surface area contributed by atoms with E-state index in [0.717, 1.165) is 9.36 Å². The van der Waals surface area contributed by atoms with Crippen LogP contribution in [0.1, 0.15) is 16.2 Å². The van der Waals surface area contributed by atoms with Crippen LogP contribution in [0, 0.1) is 6.92 Å². The maximum atomic E-state index is 11.9. The zero-order valence-corrected chi connectivity index (χ0v) is 8.62. The van der Waals surface area contributed by atoms with E-state index in [1.54, 1.807) is 37.3 Å². The largest absolute Gasteiger partial charge is 0.372 e. The predicted octanol–water partition coefficient (Wildman–Crippen LogP) is -0.244. The molecule has 2 N–H and O–H groups in total. The zero-order chi connectivity index (χ0) is 11.7. The van der Waals surface area contributed by atoms with E-state index >= 15 is 0 Å².